The molecule has 1 aliphatic carbocycles. The summed E-state index contributed by atoms with van der Waals surface area (Å²) in [5.74, 6) is 1.20. The van der Waals surface area contributed by atoms with Gasteiger partial charge >= 0.3 is 0 Å². The van der Waals surface area contributed by atoms with E-state index in [-0.39, 0.29) is 11.5 Å². The molecular formula is C17H23NO2. The third kappa shape index (κ3) is 2.88. The summed E-state index contributed by atoms with van der Waals surface area (Å²) in [5.41, 5.74) is 0.708. The smallest absolute Gasteiger partial charge is 0.176 e. The number of carbonyl (C=O) groups is 1. The predicted octanol–water partition coefficient (Wildman–Crippen LogP) is 3.23. The maximum Gasteiger partial charge on any atom is 0.176 e. The lowest BCUT2D eigenvalue weighted by Gasteiger charge is -2.28. The van der Waals surface area contributed by atoms with Crippen LogP contribution in [0.3, 0.4) is 0 Å². The van der Waals surface area contributed by atoms with Crippen molar-refractivity contribution in [3.8, 4) is 5.75 Å². The molecule has 2 aliphatic rings. The standard InChI is InChI=1S/C17H23NO2/c19-15-9-7-14(8-10-15)17(20)12-18-11-3-6-16(18)13-4-1-2-5-13/h7-10,13,16,19H,1-6,11-12H2. The number of nitrogens with zero attached hydrogens (tertiary/aromatic N) is 1. The first-order valence-electron chi connectivity index (χ1n) is 7.80. The molecule has 1 aromatic rings. The zero-order chi connectivity index (χ0) is 13.9. The molecule has 0 amide bonds. The van der Waals surface area contributed by atoms with Crippen LogP contribution in [0.4, 0.5) is 0 Å². The van der Waals surface area contributed by atoms with Crippen LogP contribution in [0.2, 0.25) is 0 Å². The SMILES string of the molecule is O=C(CN1CCCC1C1CCCC1)c1ccc(O)cc1. The predicted molar refractivity (Wildman–Crippen MR) is 79.0 cm³/mol. The molecule has 1 unspecified atom stereocenters. The summed E-state index contributed by atoms with van der Waals surface area (Å²) in [6, 6.07) is 7.24. The van der Waals surface area contributed by atoms with Crippen LogP contribution in [0.25, 0.3) is 0 Å². The highest BCUT2D eigenvalue weighted by molar-refractivity contribution is 5.97. The lowest BCUT2D eigenvalue weighted by molar-refractivity contribution is 0.0896. The van der Waals surface area contributed by atoms with Crippen LogP contribution in [-0.4, -0.2) is 34.9 Å². The number of Topliss-reactive ketones (excluding diaryl/α,β-unsaturated/α-hetero) is 1. The quantitative estimate of drug-likeness (QED) is 0.856. The minimum Gasteiger partial charge on any atom is -0.508 e. The van der Waals surface area contributed by atoms with Crippen molar-refractivity contribution in [2.45, 2.75) is 44.6 Å². The Kier molecular flexibility index (Phi) is 4.06. The first-order valence-corrected chi connectivity index (χ1v) is 7.80. The number of phenols is 1. The molecule has 1 aromatic carbocycles. The zero-order valence-corrected chi connectivity index (χ0v) is 11.9. The van der Waals surface area contributed by atoms with E-state index in [4.69, 9.17) is 0 Å². The molecule has 3 rings (SSSR count). The second-order valence-electron chi connectivity index (χ2n) is 6.19. The third-order valence-corrected chi connectivity index (χ3v) is 4.89. The number of aromatic hydroxyl groups is 1. The average molecular weight is 273 g/mol. The molecule has 1 atom stereocenters. The van der Waals surface area contributed by atoms with Gasteiger partial charge < -0.3 is 5.11 Å². The van der Waals surface area contributed by atoms with Gasteiger partial charge in [-0.1, -0.05) is 12.8 Å². The van der Waals surface area contributed by atoms with Crippen molar-refractivity contribution < 1.29 is 9.90 Å². The molecule has 0 radical (unpaired) electrons. The molecule has 20 heavy (non-hydrogen) atoms. The fourth-order valence-corrected chi connectivity index (χ4v) is 3.85. The van der Waals surface area contributed by atoms with E-state index in [1.807, 2.05) is 0 Å². The van der Waals surface area contributed by atoms with E-state index in [0.29, 0.717) is 18.2 Å². The minimum absolute atomic E-state index is 0.176. The Labute approximate surface area is 120 Å². The van der Waals surface area contributed by atoms with Crippen LogP contribution < -0.4 is 0 Å². The maximum absolute atomic E-state index is 12.3. The molecule has 3 heteroatoms. The van der Waals surface area contributed by atoms with Crippen LogP contribution in [0.1, 0.15) is 48.9 Å². The molecule has 1 aliphatic heterocycles. The van der Waals surface area contributed by atoms with Crippen molar-refractivity contribution in [2.75, 3.05) is 13.1 Å². The van der Waals surface area contributed by atoms with Gasteiger partial charge in [0.1, 0.15) is 5.75 Å². The molecule has 0 bridgehead atoms. The van der Waals surface area contributed by atoms with Gasteiger partial charge in [-0.15, -0.1) is 0 Å². The highest BCUT2D eigenvalue weighted by atomic mass is 16.3. The van der Waals surface area contributed by atoms with Gasteiger partial charge in [0, 0.05) is 11.6 Å². The van der Waals surface area contributed by atoms with Crippen LogP contribution in [-0.2, 0) is 0 Å². The van der Waals surface area contributed by atoms with E-state index >= 15 is 0 Å². The molecule has 1 N–H and O–H groups in total. The summed E-state index contributed by atoms with van der Waals surface area (Å²) < 4.78 is 0. The number of ketones is 1. The first-order chi connectivity index (χ1) is 9.74. The van der Waals surface area contributed by atoms with Crippen LogP contribution >= 0.6 is 0 Å². The molecule has 1 saturated heterocycles. The molecular weight excluding hydrogens is 250 g/mol. The van der Waals surface area contributed by atoms with Crippen molar-refractivity contribution in [1.29, 1.82) is 0 Å². The Bertz CT molecular complexity index is 462. The van der Waals surface area contributed by atoms with E-state index < -0.39 is 0 Å². The van der Waals surface area contributed by atoms with Crippen LogP contribution in [0.15, 0.2) is 24.3 Å². The number of likely N-dealkylation sites (tertiary alicyclic amines) is 1. The van der Waals surface area contributed by atoms with Gasteiger partial charge in [-0.05, 0) is 62.4 Å². The van der Waals surface area contributed by atoms with Crippen molar-refractivity contribution in [3.05, 3.63) is 29.8 Å². The largest absolute Gasteiger partial charge is 0.508 e. The fourth-order valence-electron chi connectivity index (χ4n) is 3.85. The molecule has 3 nitrogen and oxygen atoms in total. The normalized spacial score (nSPS) is 24.3. The summed E-state index contributed by atoms with van der Waals surface area (Å²) >= 11 is 0. The summed E-state index contributed by atoms with van der Waals surface area (Å²) in [4.78, 5) is 14.7. The van der Waals surface area contributed by atoms with E-state index in [0.717, 1.165) is 12.5 Å². The molecule has 1 heterocycles. The van der Waals surface area contributed by atoms with Gasteiger partial charge in [0.05, 0.1) is 6.54 Å². The topological polar surface area (TPSA) is 40.5 Å². The van der Waals surface area contributed by atoms with Crippen molar-refractivity contribution >= 4 is 5.78 Å². The summed E-state index contributed by atoms with van der Waals surface area (Å²) in [5, 5.41) is 9.29. The Morgan fingerprint density at radius 3 is 2.50 bits per heavy atom. The fraction of sp³-hybridized carbons (Fsp3) is 0.588. The first kappa shape index (κ1) is 13.6. The Morgan fingerprint density at radius 1 is 1.10 bits per heavy atom. The van der Waals surface area contributed by atoms with Crippen molar-refractivity contribution in [2.24, 2.45) is 5.92 Å². The number of rotatable bonds is 4. The molecule has 1 saturated carbocycles. The third-order valence-electron chi connectivity index (χ3n) is 4.89. The monoisotopic (exact) mass is 273 g/mol. The van der Waals surface area contributed by atoms with Crippen molar-refractivity contribution in [1.82, 2.24) is 4.90 Å². The molecule has 0 aromatic heterocycles. The second kappa shape index (κ2) is 5.96. The van der Waals surface area contributed by atoms with E-state index in [1.165, 1.54) is 38.5 Å². The van der Waals surface area contributed by atoms with Gasteiger partial charge in [-0.25, -0.2) is 0 Å². The lowest BCUT2D eigenvalue weighted by atomic mass is 9.95. The van der Waals surface area contributed by atoms with Gasteiger partial charge in [-0.2, -0.15) is 0 Å². The summed E-state index contributed by atoms with van der Waals surface area (Å²) in [7, 11) is 0. The number of phenolic OH excluding ortho intramolecular Hbond substituents is 1. The van der Waals surface area contributed by atoms with E-state index in [9.17, 15) is 9.90 Å². The van der Waals surface area contributed by atoms with Crippen molar-refractivity contribution in [3.63, 3.8) is 0 Å². The van der Waals surface area contributed by atoms with E-state index in [2.05, 4.69) is 4.90 Å². The molecule has 108 valence electrons. The highest BCUT2D eigenvalue weighted by Crippen LogP contribution is 2.35. The second-order valence-corrected chi connectivity index (χ2v) is 6.19. The van der Waals surface area contributed by atoms with Gasteiger partial charge in [0.2, 0.25) is 0 Å². The number of hydrogen-bond donors (Lipinski definition) is 1. The average Bonchev–Trinajstić information content (AvgIpc) is 3.09. The minimum atomic E-state index is 0.176. The van der Waals surface area contributed by atoms with Crippen LogP contribution in [0.5, 0.6) is 5.75 Å². The van der Waals surface area contributed by atoms with Gasteiger partial charge in [0.15, 0.2) is 5.78 Å². The molecule has 0 spiro atoms. The number of carbonyl (C=O) groups excluding carboxylic acids is 1. The summed E-state index contributed by atoms with van der Waals surface area (Å²) in [6.07, 6.45) is 7.89. The number of hydrogen-bond acceptors (Lipinski definition) is 3. The number of benzene rings is 1. The van der Waals surface area contributed by atoms with Crippen LogP contribution in [0, 0.1) is 5.92 Å². The Hall–Kier alpha value is -1.35. The molecule has 2 fully saturated rings. The Morgan fingerprint density at radius 2 is 1.80 bits per heavy atom. The van der Waals surface area contributed by atoms with Gasteiger partial charge in [-0.3, -0.25) is 9.69 Å². The zero-order valence-electron chi connectivity index (χ0n) is 11.9. The Balaban J connectivity index is 1.63. The lowest BCUT2D eigenvalue weighted by Crippen LogP contribution is -2.38. The van der Waals surface area contributed by atoms with Gasteiger partial charge in [0.25, 0.3) is 0 Å². The summed E-state index contributed by atoms with van der Waals surface area (Å²) in [6.45, 7) is 1.59. The van der Waals surface area contributed by atoms with E-state index in [1.54, 1.807) is 24.3 Å². The highest BCUT2D eigenvalue weighted by Gasteiger charge is 2.34. The maximum atomic E-state index is 12.3.